The van der Waals surface area contributed by atoms with Crippen molar-refractivity contribution >= 4 is 23.0 Å². The Hall–Kier alpha value is -1.74. The van der Waals surface area contributed by atoms with E-state index in [1.54, 1.807) is 11.8 Å². The van der Waals surface area contributed by atoms with Crippen LogP contribution in [0.3, 0.4) is 0 Å². The zero-order valence-corrected chi connectivity index (χ0v) is 10.1. The molecule has 1 heterocycles. The number of benzene rings is 2. The lowest BCUT2D eigenvalue weighted by Crippen LogP contribution is -2.09. The maximum atomic E-state index is 4.28. The van der Waals surface area contributed by atoms with Crippen LogP contribution in [0.5, 0.6) is 0 Å². The Labute approximate surface area is 105 Å². The Morgan fingerprint density at radius 3 is 2.24 bits per heavy atom. The molecule has 2 nitrogen and oxygen atoms in total. The first-order valence-corrected chi connectivity index (χ1v) is 6.55. The Balaban J connectivity index is 1.87. The summed E-state index contributed by atoms with van der Waals surface area (Å²) in [5.74, 6) is 0.907. The van der Waals surface area contributed by atoms with E-state index in [1.165, 1.54) is 11.1 Å². The Morgan fingerprint density at radius 1 is 0.882 bits per heavy atom. The molecule has 84 valence electrons. The van der Waals surface area contributed by atoms with Gasteiger partial charge in [0.15, 0.2) is 0 Å². The predicted molar refractivity (Wildman–Crippen MR) is 75.3 cm³/mol. The summed E-state index contributed by atoms with van der Waals surface area (Å²) in [6.07, 6.45) is 0. The van der Waals surface area contributed by atoms with Crippen molar-refractivity contribution < 1.29 is 0 Å². The number of hydrogen-bond acceptors (Lipinski definition) is 3. The Bertz CT molecular complexity index is 520. The van der Waals surface area contributed by atoms with Crippen LogP contribution < -0.4 is 5.01 Å². The first kappa shape index (κ1) is 10.4. The summed E-state index contributed by atoms with van der Waals surface area (Å²) < 4.78 is 0. The summed E-state index contributed by atoms with van der Waals surface area (Å²) in [6.45, 7) is 0. The van der Waals surface area contributed by atoms with Gasteiger partial charge < -0.3 is 0 Å². The fourth-order valence-corrected chi connectivity index (χ4v) is 2.43. The molecule has 0 spiro atoms. The molecule has 3 heteroatoms. The molecule has 2 aromatic rings. The summed E-state index contributed by atoms with van der Waals surface area (Å²) >= 11 is 1.71. The Morgan fingerprint density at radius 2 is 1.59 bits per heavy atom. The van der Waals surface area contributed by atoms with Crippen molar-refractivity contribution in [2.24, 2.45) is 5.10 Å². The van der Waals surface area contributed by atoms with E-state index in [-0.39, 0.29) is 0 Å². The smallest absolute Gasteiger partial charge is 0.0926 e. The molecule has 1 aliphatic rings. The van der Waals surface area contributed by atoms with Gasteiger partial charge in [-0.1, -0.05) is 54.2 Å². The van der Waals surface area contributed by atoms with Crippen molar-refractivity contribution in [1.29, 1.82) is 0 Å². The van der Waals surface area contributed by atoms with Crippen LogP contribution in [0.2, 0.25) is 0 Å². The van der Waals surface area contributed by atoms with Crippen LogP contribution in [-0.2, 0) is 0 Å². The third-order valence-electron chi connectivity index (χ3n) is 2.73. The van der Waals surface area contributed by atoms with Crippen molar-refractivity contribution in [3.63, 3.8) is 0 Å². The number of rotatable bonds is 2. The highest BCUT2D eigenvalue weighted by Crippen LogP contribution is 2.25. The number of anilines is 1. The fraction of sp³-hybridized carbons (Fsp3) is 0.0714. The monoisotopic (exact) mass is 240 g/mol. The molecule has 17 heavy (non-hydrogen) atoms. The summed E-state index contributed by atoms with van der Waals surface area (Å²) in [5, 5.41) is 6.28. The number of thioether (sulfide) groups is 1. The molecule has 0 aromatic heterocycles. The van der Waals surface area contributed by atoms with Crippen LogP contribution in [0.4, 0.5) is 5.69 Å². The molecule has 3 rings (SSSR count). The van der Waals surface area contributed by atoms with Crippen molar-refractivity contribution in [2.75, 3.05) is 10.9 Å². The summed E-state index contributed by atoms with van der Waals surface area (Å²) in [6, 6.07) is 18.9. The second-order valence-electron chi connectivity index (χ2n) is 3.83. The molecule has 0 N–H and O–H groups in total. The third-order valence-corrected chi connectivity index (χ3v) is 3.37. The van der Waals surface area contributed by atoms with E-state index in [2.05, 4.69) is 53.6 Å². The highest BCUT2D eigenvalue weighted by molar-refractivity contribution is 8.12. The molecule has 0 fully saturated rings. The molecule has 0 atom stereocenters. The molecule has 0 radical (unpaired) electrons. The van der Waals surface area contributed by atoms with Gasteiger partial charge in [0.25, 0.3) is 0 Å². The van der Waals surface area contributed by atoms with Crippen LogP contribution in [0.1, 0.15) is 0 Å². The highest BCUT2D eigenvalue weighted by Gasteiger charge is 2.08. The van der Waals surface area contributed by atoms with E-state index in [0.29, 0.717) is 0 Å². The normalized spacial score (nSPS) is 14.2. The number of hydrogen-bond donors (Lipinski definition) is 0. The van der Waals surface area contributed by atoms with E-state index in [1.807, 2.05) is 16.6 Å². The molecule has 0 amide bonds. The van der Waals surface area contributed by atoms with Gasteiger partial charge in [0, 0.05) is 0 Å². The minimum Gasteiger partial charge on any atom is -0.255 e. The van der Waals surface area contributed by atoms with E-state index in [4.69, 9.17) is 0 Å². The average molecular weight is 240 g/mol. The van der Waals surface area contributed by atoms with Gasteiger partial charge in [-0.25, -0.2) is 0 Å². The van der Waals surface area contributed by atoms with E-state index in [9.17, 15) is 0 Å². The number of nitrogens with zero attached hydrogens (tertiary/aromatic N) is 2. The molecule has 0 aliphatic carbocycles. The zero-order chi connectivity index (χ0) is 11.5. The van der Waals surface area contributed by atoms with Gasteiger partial charge in [-0.05, 0) is 23.3 Å². The van der Waals surface area contributed by atoms with Gasteiger partial charge in [0.05, 0.1) is 17.1 Å². The molecule has 0 saturated carbocycles. The van der Waals surface area contributed by atoms with Gasteiger partial charge in [-0.2, -0.15) is 5.10 Å². The minimum absolute atomic E-state index is 0.907. The molecule has 2 aromatic carbocycles. The zero-order valence-electron chi connectivity index (χ0n) is 9.28. The summed E-state index contributed by atoms with van der Waals surface area (Å²) in [4.78, 5) is 0. The fourth-order valence-electron chi connectivity index (χ4n) is 1.83. The second kappa shape index (κ2) is 4.63. The Kier molecular flexibility index (Phi) is 2.84. The number of hydrazone groups is 1. The SMILES string of the molecule is C1=NN(c2ccc(-c3ccccc3)cc2)CS1. The quantitative estimate of drug-likeness (QED) is 0.793. The van der Waals surface area contributed by atoms with Crippen molar-refractivity contribution in [2.45, 2.75) is 0 Å². The van der Waals surface area contributed by atoms with Crippen LogP contribution in [0.15, 0.2) is 59.7 Å². The third kappa shape index (κ3) is 2.19. The lowest BCUT2D eigenvalue weighted by Gasteiger charge is -2.13. The largest absolute Gasteiger partial charge is 0.255 e. The highest BCUT2D eigenvalue weighted by atomic mass is 32.2. The maximum absolute atomic E-state index is 4.28. The van der Waals surface area contributed by atoms with Crippen LogP contribution in [0.25, 0.3) is 11.1 Å². The van der Waals surface area contributed by atoms with Crippen LogP contribution in [-0.4, -0.2) is 11.4 Å². The molecule has 0 unspecified atom stereocenters. The molecule has 0 saturated heterocycles. The van der Waals surface area contributed by atoms with Gasteiger partial charge in [0.1, 0.15) is 0 Å². The second-order valence-corrected chi connectivity index (χ2v) is 4.63. The van der Waals surface area contributed by atoms with Gasteiger partial charge >= 0.3 is 0 Å². The maximum Gasteiger partial charge on any atom is 0.0926 e. The summed E-state index contributed by atoms with van der Waals surface area (Å²) in [7, 11) is 0. The molecular weight excluding hydrogens is 228 g/mol. The molecule has 0 bridgehead atoms. The minimum atomic E-state index is 0.907. The lowest BCUT2D eigenvalue weighted by molar-refractivity contribution is 1.01. The lowest BCUT2D eigenvalue weighted by atomic mass is 10.1. The first-order valence-electron chi connectivity index (χ1n) is 5.50. The van der Waals surface area contributed by atoms with E-state index >= 15 is 0 Å². The van der Waals surface area contributed by atoms with Gasteiger partial charge in [0.2, 0.25) is 0 Å². The van der Waals surface area contributed by atoms with E-state index in [0.717, 1.165) is 11.6 Å². The van der Waals surface area contributed by atoms with Crippen molar-refractivity contribution in [3.8, 4) is 11.1 Å². The molecule has 1 aliphatic heterocycles. The van der Waals surface area contributed by atoms with Gasteiger partial charge in [-0.15, -0.1) is 0 Å². The molecular formula is C14H12N2S. The first-order chi connectivity index (χ1) is 8.43. The average Bonchev–Trinajstić information content (AvgIpc) is 2.94. The van der Waals surface area contributed by atoms with Crippen LogP contribution >= 0.6 is 11.8 Å². The van der Waals surface area contributed by atoms with Gasteiger partial charge in [-0.3, -0.25) is 5.01 Å². The van der Waals surface area contributed by atoms with E-state index < -0.39 is 0 Å². The van der Waals surface area contributed by atoms with Crippen molar-refractivity contribution in [3.05, 3.63) is 54.6 Å². The van der Waals surface area contributed by atoms with Crippen LogP contribution in [0, 0.1) is 0 Å². The standard InChI is InChI=1S/C14H12N2S/c1-2-4-12(5-3-1)13-6-8-14(9-7-13)16-11-17-10-15-16/h1-10H,11H2. The summed E-state index contributed by atoms with van der Waals surface area (Å²) in [5.41, 5.74) is 5.51. The topological polar surface area (TPSA) is 15.6 Å². The predicted octanol–water partition coefficient (Wildman–Crippen LogP) is 3.81. The van der Waals surface area contributed by atoms with Crippen molar-refractivity contribution in [1.82, 2.24) is 0 Å².